The van der Waals surface area contributed by atoms with E-state index in [1.165, 1.54) is 4.68 Å². The third kappa shape index (κ3) is 2.00. The number of hydrogen-bond acceptors (Lipinski definition) is 3. The molecule has 0 fully saturated rings. The summed E-state index contributed by atoms with van der Waals surface area (Å²) in [6, 6.07) is 8.93. The number of nitrogens with two attached hydrogens (primary N) is 1. The van der Waals surface area contributed by atoms with Gasteiger partial charge in [-0.1, -0.05) is 18.2 Å². The largest absolute Gasteiger partial charge is 0.392 e. The van der Waals surface area contributed by atoms with Crippen LogP contribution in [0.5, 0.6) is 0 Å². The number of carbonyl (C=O) groups excluding carboxylic acids is 1. The van der Waals surface area contributed by atoms with Crippen molar-refractivity contribution in [2.24, 2.45) is 0 Å². The zero-order valence-electron chi connectivity index (χ0n) is 9.93. The van der Waals surface area contributed by atoms with Gasteiger partial charge in [0.1, 0.15) is 11.4 Å². The predicted octanol–water partition coefficient (Wildman–Crippen LogP) is 0.497. The fraction of sp³-hybridized carbons (Fsp3) is 0.167. The van der Waals surface area contributed by atoms with Crippen LogP contribution in [0.15, 0.2) is 35.1 Å². The fourth-order valence-electron chi connectivity index (χ4n) is 1.63. The van der Waals surface area contributed by atoms with Gasteiger partial charge >= 0.3 is 0 Å². The zero-order chi connectivity index (χ0) is 13.1. The quantitative estimate of drug-likeness (QED) is 0.736. The number of carbonyl (C=O) groups is 1. The minimum Gasteiger partial charge on any atom is -0.392 e. The molecule has 4 N–H and O–H groups in total. The molecule has 0 atom stereocenters. The summed E-state index contributed by atoms with van der Waals surface area (Å²) in [6.45, 7) is 2.26. The van der Waals surface area contributed by atoms with E-state index in [2.05, 4.69) is 10.4 Å². The van der Waals surface area contributed by atoms with Gasteiger partial charge in [0.05, 0.1) is 5.69 Å². The highest BCUT2D eigenvalue weighted by molar-refractivity contribution is 5.97. The minimum atomic E-state index is -0.428. The molecule has 0 unspecified atom stereocenters. The lowest BCUT2D eigenvalue weighted by atomic mass is 10.3. The van der Waals surface area contributed by atoms with E-state index in [1.807, 2.05) is 6.07 Å². The molecule has 0 aliphatic heterocycles. The van der Waals surface area contributed by atoms with Crippen molar-refractivity contribution in [3.8, 4) is 5.69 Å². The van der Waals surface area contributed by atoms with Crippen LogP contribution in [0.1, 0.15) is 17.4 Å². The van der Waals surface area contributed by atoms with Crippen LogP contribution in [0.3, 0.4) is 0 Å². The molecule has 6 heteroatoms. The first-order chi connectivity index (χ1) is 8.65. The molecule has 1 aromatic heterocycles. The Bertz CT molecular complexity index is 613. The standard InChI is InChI=1S/C12H14N4O2/c1-2-14-11(17)10-9(13)12(18)16(15-10)8-6-4-3-5-7-8/h3-7,15H,2,13H2,1H3,(H,14,17). The highest BCUT2D eigenvalue weighted by Crippen LogP contribution is 2.08. The number of para-hydroxylation sites is 1. The summed E-state index contributed by atoms with van der Waals surface area (Å²) in [4.78, 5) is 23.6. The number of benzene rings is 1. The number of anilines is 1. The lowest BCUT2D eigenvalue weighted by Gasteiger charge is -2.01. The first-order valence-corrected chi connectivity index (χ1v) is 5.59. The number of nitrogen functional groups attached to an aromatic ring is 1. The van der Waals surface area contributed by atoms with E-state index in [1.54, 1.807) is 31.2 Å². The van der Waals surface area contributed by atoms with E-state index in [0.29, 0.717) is 12.2 Å². The van der Waals surface area contributed by atoms with Crippen molar-refractivity contribution in [1.29, 1.82) is 0 Å². The van der Waals surface area contributed by atoms with Crippen LogP contribution in [-0.4, -0.2) is 22.2 Å². The Balaban J connectivity index is 2.50. The number of H-pyrrole nitrogens is 1. The Labute approximate surface area is 103 Å². The van der Waals surface area contributed by atoms with E-state index < -0.39 is 5.56 Å². The topological polar surface area (TPSA) is 92.9 Å². The number of hydrogen-bond donors (Lipinski definition) is 3. The molecule has 0 radical (unpaired) electrons. The maximum Gasteiger partial charge on any atom is 0.295 e. The smallest absolute Gasteiger partial charge is 0.295 e. The van der Waals surface area contributed by atoms with Crippen LogP contribution in [0.25, 0.3) is 5.69 Å². The van der Waals surface area contributed by atoms with Gasteiger partial charge in [-0.2, -0.15) is 0 Å². The van der Waals surface area contributed by atoms with E-state index in [9.17, 15) is 9.59 Å². The molecule has 1 amide bonds. The average molecular weight is 246 g/mol. The van der Waals surface area contributed by atoms with Crippen molar-refractivity contribution in [2.45, 2.75) is 6.92 Å². The first-order valence-electron chi connectivity index (χ1n) is 5.59. The van der Waals surface area contributed by atoms with Crippen LogP contribution < -0.4 is 16.6 Å². The maximum absolute atomic E-state index is 11.9. The zero-order valence-corrected chi connectivity index (χ0v) is 9.93. The Morgan fingerprint density at radius 2 is 2.06 bits per heavy atom. The summed E-state index contributed by atoms with van der Waals surface area (Å²) in [5.41, 5.74) is 5.86. The van der Waals surface area contributed by atoms with Crippen LogP contribution in [0.2, 0.25) is 0 Å². The number of nitrogens with zero attached hydrogens (tertiary/aromatic N) is 1. The first kappa shape index (κ1) is 12.0. The molecule has 2 aromatic rings. The second kappa shape index (κ2) is 4.79. The fourth-order valence-corrected chi connectivity index (χ4v) is 1.63. The van der Waals surface area contributed by atoms with E-state index >= 15 is 0 Å². The summed E-state index contributed by atoms with van der Waals surface area (Å²) in [7, 11) is 0. The normalized spacial score (nSPS) is 10.3. The molecule has 0 saturated carbocycles. The van der Waals surface area contributed by atoms with E-state index in [-0.39, 0.29) is 17.3 Å². The van der Waals surface area contributed by atoms with Crippen molar-refractivity contribution in [2.75, 3.05) is 12.3 Å². The number of aromatic amines is 1. The van der Waals surface area contributed by atoms with Crippen molar-refractivity contribution in [3.05, 3.63) is 46.4 Å². The van der Waals surface area contributed by atoms with E-state index in [0.717, 1.165) is 0 Å². The van der Waals surface area contributed by atoms with Crippen LogP contribution in [0, 0.1) is 0 Å². The molecule has 1 aromatic carbocycles. The molecule has 94 valence electrons. The summed E-state index contributed by atoms with van der Waals surface area (Å²) in [5.74, 6) is -0.387. The molecule has 0 bridgehead atoms. The van der Waals surface area contributed by atoms with Crippen molar-refractivity contribution in [3.63, 3.8) is 0 Å². The Kier molecular flexibility index (Phi) is 3.18. The van der Waals surface area contributed by atoms with E-state index in [4.69, 9.17) is 5.73 Å². The second-order valence-corrected chi connectivity index (χ2v) is 3.74. The van der Waals surface area contributed by atoms with Crippen molar-refractivity contribution in [1.82, 2.24) is 15.1 Å². The Morgan fingerprint density at radius 3 is 2.67 bits per heavy atom. The molecule has 18 heavy (non-hydrogen) atoms. The van der Waals surface area contributed by atoms with Crippen LogP contribution in [-0.2, 0) is 0 Å². The summed E-state index contributed by atoms with van der Waals surface area (Å²) in [5, 5.41) is 5.31. The SMILES string of the molecule is CCNC(=O)c1[nH]n(-c2ccccc2)c(=O)c1N. The van der Waals surface area contributed by atoms with Gasteiger partial charge in [-0.15, -0.1) is 0 Å². The summed E-state index contributed by atoms with van der Waals surface area (Å²) < 4.78 is 1.25. The van der Waals surface area contributed by atoms with Crippen molar-refractivity contribution < 1.29 is 4.79 Å². The minimum absolute atomic E-state index is 0.0789. The maximum atomic E-state index is 11.9. The molecule has 2 rings (SSSR count). The van der Waals surface area contributed by atoms with Crippen LogP contribution in [0.4, 0.5) is 5.69 Å². The highest BCUT2D eigenvalue weighted by atomic mass is 16.2. The molecule has 0 aliphatic rings. The Hall–Kier alpha value is -2.50. The van der Waals surface area contributed by atoms with Gasteiger partial charge in [-0.3, -0.25) is 14.7 Å². The van der Waals surface area contributed by atoms with Gasteiger partial charge in [0, 0.05) is 6.54 Å². The second-order valence-electron chi connectivity index (χ2n) is 3.74. The average Bonchev–Trinajstić information content (AvgIpc) is 2.68. The third-order valence-corrected chi connectivity index (χ3v) is 2.51. The van der Waals surface area contributed by atoms with Gasteiger partial charge in [0.2, 0.25) is 0 Å². The van der Waals surface area contributed by atoms with Gasteiger partial charge in [-0.25, -0.2) is 4.68 Å². The molecule has 6 nitrogen and oxygen atoms in total. The molecule has 1 heterocycles. The van der Waals surface area contributed by atoms with Gasteiger partial charge in [-0.05, 0) is 19.1 Å². The predicted molar refractivity (Wildman–Crippen MR) is 68.8 cm³/mol. The number of rotatable bonds is 3. The number of amides is 1. The van der Waals surface area contributed by atoms with Crippen LogP contribution >= 0.6 is 0 Å². The molecule has 0 spiro atoms. The molecular formula is C12H14N4O2. The molecular weight excluding hydrogens is 232 g/mol. The summed E-state index contributed by atoms with van der Waals surface area (Å²) >= 11 is 0. The monoisotopic (exact) mass is 246 g/mol. The number of nitrogens with one attached hydrogen (secondary N) is 2. The molecule has 0 aliphatic carbocycles. The Morgan fingerprint density at radius 1 is 1.39 bits per heavy atom. The lowest BCUT2D eigenvalue weighted by Crippen LogP contribution is -2.24. The molecule has 0 saturated heterocycles. The van der Waals surface area contributed by atoms with Crippen molar-refractivity contribution >= 4 is 11.6 Å². The highest BCUT2D eigenvalue weighted by Gasteiger charge is 2.17. The number of aromatic nitrogens is 2. The van der Waals surface area contributed by atoms with Gasteiger partial charge < -0.3 is 11.1 Å². The van der Waals surface area contributed by atoms with Gasteiger partial charge in [0.15, 0.2) is 0 Å². The summed E-state index contributed by atoms with van der Waals surface area (Å²) in [6.07, 6.45) is 0. The van der Waals surface area contributed by atoms with Gasteiger partial charge in [0.25, 0.3) is 11.5 Å². The third-order valence-electron chi connectivity index (χ3n) is 2.51. The lowest BCUT2D eigenvalue weighted by molar-refractivity contribution is 0.0951.